The number of rotatable bonds is 4. The van der Waals surface area contributed by atoms with Gasteiger partial charge in [-0.3, -0.25) is 0 Å². The molecule has 80 valence electrons. The van der Waals surface area contributed by atoms with Gasteiger partial charge in [0.15, 0.2) is 0 Å². The Morgan fingerprint density at radius 3 is 3.13 bits per heavy atom. The van der Waals surface area contributed by atoms with Crippen LogP contribution >= 0.6 is 11.3 Å². The second-order valence-corrected chi connectivity index (χ2v) is 4.15. The molecule has 0 amide bonds. The summed E-state index contributed by atoms with van der Waals surface area (Å²) < 4.78 is 10.2. The number of thiazole rings is 1. The number of aromatic nitrogens is 1. The molecule has 2 N–H and O–H groups in total. The van der Waals surface area contributed by atoms with Gasteiger partial charge in [-0.05, 0) is 12.1 Å². The first-order valence-electron chi connectivity index (χ1n) is 4.57. The van der Waals surface area contributed by atoms with Crippen LogP contribution in [0.25, 0.3) is 0 Å². The first-order chi connectivity index (χ1) is 7.29. The Bertz CT molecular complexity index is 411. The van der Waals surface area contributed by atoms with Crippen molar-refractivity contribution in [3.05, 3.63) is 35.2 Å². The Morgan fingerprint density at radius 1 is 1.67 bits per heavy atom. The van der Waals surface area contributed by atoms with Crippen molar-refractivity contribution in [2.45, 2.75) is 12.5 Å². The summed E-state index contributed by atoms with van der Waals surface area (Å²) in [6.45, 7) is 0. The largest absolute Gasteiger partial charge is 0.473 e. The molecule has 0 aliphatic heterocycles. The Hall–Kier alpha value is -1.33. The molecule has 4 nitrogen and oxygen atoms in total. The summed E-state index contributed by atoms with van der Waals surface area (Å²) >= 11 is 1.46. The van der Waals surface area contributed by atoms with E-state index in [1.54, 1.807) is 19.6 Å². The van der Waals surface area contributed by atoms with Crippen molar-refractivity contribution in [2.24, 2.45) is 5.73 Å². The standard InChI is InChI=1S/C10H12N2O2S/c1-13-10-12-6-9(15-10)8(11)5-7-3-2-4-14-7/h2-4,6,8H,5,11H2,1H3. The minimum atomic E-state index is -0.0856. The van der Waals surface area contributed by atoms with Gasteiger partial charge in [0, 0.05) is 23.5 Å². The molecule has 2 heterocycles. The van der Waals surface area contributed by atoms with Gasteiger partial charge in [0.25, 0.3) is 5.19 Å². The van der Waals surface area contributed by atoms with E-state index in [0.717, 1.165) is 10.6 Å². The topological polar surface area (TPSA) is 61.3 Å². The third kappa shape index (κ3) is 2.37. The first kappa shape index (κ1) is 10.2. The van der Waals surface area contributed by atoms with Crippen LogP contribution in [0.15, 0.2) is 29.0 Å². The fourth-order valence-corrected chi connectivity index (χ4v) is 2.01. The molecule has 0 saturated carbocycles. The predicted octanol–water partition coefficient (Wildman–Crippen LogP) is 1.99. The lowest BCUT2D eigenvalue weighted by atomic mass is 10.1. The third-order valence-corrected chi connectivity index (χ3v) is 3.13. The van der Waals surface area contributed by atoms with Crippen molar-refractivity contribution in [3.63, 3.8) is 0 Å². The highest BCUT2D eigenvalue weighted by Crippen LogP contribution is 2.26. The van der Waals surface area contributed by atoms with Gasteiger partial charge in [-0.25, -0.2) is 4.98 Å². The molecule has 2 aromatic heterocycles. The van der Waals surface area contributed by atoms with Gasteiger partial charge in [0.1, 0.15) is 5.76 Å². The maximum Gasteiger partial charge on any atom is 0.273 e. The number of furan rings is 1. The lowest BCUT2D eigenvalue weighted by Crippen LogP contribution is -2.11. The number of methoxy groups -OCH3 is 1. The maximum atomic E-state index is 6.01. The number of hydrogen-bond donors (Lipinski definition) is 1. The van der Waals surface area contributed by atoms with Crippen LogP contribution in [-0.2, 0) is 6.42 Å². The van der Waals surface area contributed by atoms with Crippen LogP contribution in [0.2, 0.25) is 0 Å². The zero-order valence-corrected chi connectivity index (χ0v) is 9.16. The summed E-state index contributed by atoms with van der Waals surface area (Å²) in [6, 6.07) is 3.69. The quantitative estimate of drug-likeness (QED) is 0.862. The van der Waals surface area contributed by atoms with E-state index in [1.165, 1.54) is 11.3 Å². The van der Waals surface area contributed by atoms with E-state index in [9.17, 15) is 0 Å². The lowest BCUT2D eigenvalue weighted by Gasteiger charge is -2.05. The highest BCUT2D eigenvalue weighted by molar-refractivity contribution is 7.13. The molecule has 0 radical (unpaired) electrons. The molecule has 0 saturated heterocycles. The molecule has 15 heavy (non-hydrogen) atoms. The van der Waals surface area contributed by atoms with E-state index in [4.69, 9.17) is 14.9 Å². The van der Waals surface area contributed by atoms with Crippen LogP contribution < -0.4 is 10.5 Å². The summed E-state index contributed by atoms with van der Waals surface area (Å²) in [5, 5.41) is 0.639. The second kappa shape index (κ2) is 4.46. The van der Waals surface area contributed by atoms with Crippen LogP contribution in [-0.4, -0.2) is 12.1 Å². The average molecular weight is 224 g/mol. The summed E-state index contributed by atoms with van der Waals surface area (Å²) in [4.78, 5) is 5.07. The average Bonchev–Trinajstić information content (AvgIpc) is 2.86. The normalized spacial score (nSPS) is 12.7. The smallest absolute Gasteiger partial charge is 0.273 e. The van der Waals surface area contributed by atoms with Gasteiger partial charge in [-0.2, -0.15) is 0 Å². The van der Waals surface area contributed by atoms with Gasteiger partial charge < -0.3 is 14.9 Å². The van der Waals surface area contributed by atoms with Crippen molar-refractivity contribution in [1.29, 1.82) is 0 Å². The van der Waals surface area contributed by atoms with E-state index in [1.807, 2.05) is 12.1 Å². The Morgan fingerprint density at radius 2 is 2.53 bits per heavy atom. The highest BCUT2D eigenvalue weighted by atomic mass is 32.1. The maximum absolute atomic E-state index is 6.01. The first-order valence-corrected chi connectivity index (χ1v) is 5.39. The molecular formula is C10H12N2O2S. The van der Waals surface area contributed by atoms with Crippen LogP contribution in [0.5, 0.6) is 5.19 Å². The van der Waals surface area contributed by atoms with E-state index >= 15 is 0 Å². The molecule has 0 aromatic carbocycles. The van der Waals surface area contributed by atoms with Crippen LogP contribution in [0.1, 0.15) is 16.7 Å². The van der Waals surface area contributed by atoms with Crippen molar-refractivity contribution >= 4 is 11.3 Å². The molecule has 1 atom stereocenters. The number of hydrogen-bond acceptors (Lipinski definition) is 5. The minimum Gasteiger partial charge on any atom is -0.473 e. The molecule has 0 bridgehead atoms. The van der Waals surface area contributed by atoms with Crippen molar-refractivity contribution in [2.75, 3.05) is 7.11 Å². The Kier molecular flexibility index (Phi) is 3.03. The van der Waals surface area contributed by atoms with E-state index < -0.39 is 0 Å². The monoisotopic (exact) mass is 224 g/mol. The minimum absolute atomic E-state index is 0.0856. The molecule has 0 spiro atoms. The Labute approximate surface area is 91.7 Å². The van der Waals surface area contributed by atoms with E-state index in [-0.39, 0.29) is 6.04 Å². The summed E-state index contributed by atoms with van der Waals surface area (Å²) in [6.07, 6.45) is 4.07. The van der Waals surface area contributed by atoms with E-state index in [0.29, 0.717) is 11.6 Å². The van der Waals surface area contributed by atoms with Gasteiger partial charge in [0.2, 0.25) is 0 Å². The molecule has 0 aliphatic rings. The van der Waals surface area contributed by atoms with Crippen molar-refractivity contribution in [1.82, 2.24) is 4.98 Å². The molecule has 2 aromatic rings. The summed E-state index contributed by atoms with van der Waals surface area (Å²) in [5.74, 6) is 0.884. The van der Waals surface area contributed by atoms with Crippen LogP contribution in [0, 0.1) is 0 Å². The predicted molar refractivity (Wildman–Crippen MR) is 58.0 cm³/mol. The lowest BCUT2D eigenvalue weighted by molar-refractivity contribution is 0.412. The Balaban J connectivity index is 2.04. The number of nitrogens with zero attached hydrogens (tertiary/aromatic N) is 1. The van der Waals surface area contributed by atoms with Gasteiger partial charge in [-0.15, -0.1) is 0 Å². The highest BCUT2D eigenvalue weighted by Gasteiger charge is 2.12. The van der Waals surface area contributed by atoms with Gasteiger partial charge >= 0.3 is 0 Å². The zero-order chi connectivity index (χ0) is 10.7. The second-order valence-electron chi connectivity index (χ2n) is 3.12. The third-order valence-electron chi connectivity index (χ3n) is 2.04. The molecule has 0 aliphatic carbocycles. The number of ether oxygens (including phenoxy) is 1. The fourth-order valence-electron chi connectivity index (χ4n) is 1.28. The fraction of sp³-hybridized carbons (Fsp3) is 0.300. The van der Waals surface area contributed by atoms with E-state index in [2.05, 4.69) is 4.98 Å². The summed E-state index contributed by atoms with van der Waals surface area (Å²) in [5.41, 5.74) is 6.01. The molecular weight excluding hydrogens is 212 g/mol. The molecule has 2 rings (SSSR count). The van der Waals surface area contributed by atoms with Crippen molar-refractivity contribution < 1.29 is 9.15 Å². The zero-order valence-electron chi connectivity index (χ0n) is 8.34. The molecule has 5 heteroatoms. The molecule has 0 fully saturated rings. The molecule has 1 unspecified atom stereocenters. The van der Waals surface area contributed by atoms with Gasteiger partial charge in [0.05, 0.1) is 13.4 Å². The van der Waals surface area contributed by atoms with Crippen LogP contribution in [0.3, 0.4) is 0 Å². The van der Waals surface area contributed by atoms with Gasteiger partial charge in [-0.1, -0.05) is 11.3 Å². The SMILES string of the molecule is COc1ncc(C(N)Cc2ccco2)s1. The number of nitrogens with two attached hydrogens (primary N) is 1. The van der Waals surface area contributed by atoms with Crippen LogP contribution in [0.4, 0.5) is 0 Å². The van der Waals surface area contributed by atoms with Crippen molar-refractivity contribution in [3.8, 4) is 5.19 Å². The summed E-state index contributed by atoms with van der Waals surface area (Å²) in [7, 11) is 1.60.